The molecule has 0 saturated heterocycles. The quantitative estimate of drug-likeness (QED) is 0.266. The molecule has 0 saturated carbocycles. The Morgan fingerprint density at radius 3 is 2.62 bits per heavy atom. The van der Waals surface area contributed by atoms with Gasteiger partial charge in [0.15, 0.2) is 0 Å². The number of para-hydroxylation sites is 1. The molecule has 1 aromatic heterocycles. The summed E-state index contributed by atoms with van der Waals surface area (Å²) < 4.78 is 29.4. The number of hydrogen-bond donors (Lipinski definition) is 2. The number of nitrogens with one attached hydrogen (secondary N) is 1. The number of sulfonamides is 1. The van der Waals surface area contributed by atoms with Crippen LogP contribution in [-0.4, -0.2) is 35.9 Å². The Kier molecular flexibility index (Phi) is 5.29. The third kappa shape index (κ3) is 3.48. The lowest BCUT2D eigenvalue weighted by Crippen LogP contribution is -2.36. The molecule has 1 aliphatic rings. The van der Waals surface area contributed by atoms with Crippen molar-refractivity contribution >= 4 is 32.8 Å². The van der Waals surface area contributed by atoms with Gasteiger partial charge in [0.25, 0.3) is 15.6 Å². The fraction of sp³-hybridized carbons (Fsp3) is 0.125. The Morgan fingerprint density at radius 1 is 1.00 bits per heavy atom. The summed E-state index contributed by atoms with van der Waals surface area (Å²) >= 11 is 0. The van der Waals surface area contributed by atoms with Crippen LogP contribution in [0.1, 0.15) is 17.5 Å². The molecule has 2 N–H and O–H groups in total. The van der Waals surface area contributed by atoms with E-state index in [-0.39, 0.29) is 21.5 Å². The molecule has 0 radical (unpaired) electrons. The van der Waals surface area contributed by atoms with Gasteiger partial charge >= 0.3 is 5.69 Å². The highest BCUT2D eigenvalue weighted by atomic mass is 32.2. The summed E-state index contributed by atoms with van der Waals surface area (Å²) in [5.74, 6) is 0. The summed E-state index contributed by atoms with van der Waals surface area (Å²) in [6, 6.07) is 17.9. The molecule has 10 heteroatoms. The maximum atomic E-state index is 13.6. The number of anilines is 1. The molecule has 4 aromatic rings. The minimum Gasteiger partial charge on any atom is -0.411 e. The maximum absolute atomic E-state index is 13.6. The zero-order valence-corrected chi connectivity index (χ0v) is 18.7. The van der Waals surface area contributed by atoms with E-state index >= 15 is 0 Å². The zero-order valence-electron chi connectivity index (χ0n) is 17.9. The van der Waals surface area contributed by atoms with Crippen LogP contribution in [0.3, 0.4) is 0 Å². The van der Waals surface area contributed by atoms with Crippen molar-refractivity contribution in [3.63, 3.8) is 0 Å². The lowest BCUT2D eigenvalue weighted by atomic mass is 10.0. The minimum atomic E-state index is -3.94. The van der Waals surface area contributed by atoms with Crippen LogP contribution in [0, 0.1) is 0 Å². The van der Waals surface area contributed by atoms with Gasteiger partial charge in [-0.25, -0.2) is 17.8 Å². The van der Waals surface area contributed by atoms with Crippen molar-refractivity contribution in [3.05, 3.63) is 98.7 Å². The number of aromatic nitrogens is 2. The van der Waals surface area contributed by atoms with Gasteiger partial charge in [-0.1, -0.05) is 41.6 Å². The summed E-state index contributed by atoms with van der Waals surface area (Å²) in [5.41, 5.74) is 0.901. The molecule has 0 atom stereocenters. The van der Waals surface area contributed by atoms with Gasteiger partial charge in [-0.2, -0.15) is 0 Å². The highest BCUT2D eigenvalue weighted by Crippen LogP contribution is 2.32. The molecular weight excluding hydrogens is 456 g/mol. The number of benzene rings is 3. The molecule has 172 valence electrons. The third-order valence-electron chi connectivity index (χ3n) is 5.89. The van der Waals surface area contributed by atoms with E-state index in [1.165, 1.54) is 28.6 Å². The number of oxime groups is 1. The highest BCUT2D eigenvalue weighted by molar-refractivity contribution is 7.92. The van der Waals surface area contributed by atoms with E-state index in [2.05, 4.69) is 10.1 Å². The second-order valence-electron chi connectivity index (χ2n) is 7.89. The Morgan fingerprint density at radius 2 is 1.79 bits per heavy atom. The molecule has 2 heterocycles. The largest absolute Gasteiger partial charge is 0.411 e. The Labute approximate surface area is 194 Å². The van der Waals surface area contributed by atoms with E-state index in [0.29, 0.717) is 24.2 Å². The summed E-state index contributed by atoms with van der Waals surface area (Å²) in [7, 11) is -3.94. The molecule has 0 bridgehead atoms. The van der Waals surface area contributed by atoms with Crippen LogP contribution in [0.15, 0.2) is 86.4 Å². The van der Waals surface area contributed by atoms with Gasteiger partial charge in [0, 0.05) is 12.1 Å². The lowest BCUT2D eigenvalue weighted by molar-refractivity contribution is 0.322. The first-order valence-corrected chi connectivity index (χ1v) is 12.0. The Hall–Kier alpha value is -4.18. The van der Waals surface area contributed by atoms with Crippen LogP contribution in [0.25, 0.3) is 16.6 Å². The van der Waals surface area contributed by atoms with Crippen LogP contribution in [0.2, 0.25) is 0 Å². The van der Waals surface area contributed by atoms with Crippen LogP contribution >= 0.6 is 0 Å². The van der Waals surface area contributed by atoms with Crippen molar-refractivity contribution in [1.29, 1.82) is 0 Å². The molecule has 9 nitrogen and oxygen atoms in total. The maximum Gasteiger partial charge on any atom is 0.333 e. The second-order valence-corrected chi connectivity index (χ2v) is 9.75. The number of H-pyrrole nitrogens is 1. The van der Waals surface area contributed by atoms with Crippen LogP contribution in [-0.2, 0) is 16.4 Å². The highest BCUT2D eigenvalue weighted by Gasteiger charge is 2.29. The third-order valence-corrected chi connectivity index (χ3v) is 7.70. The van der Waals surface area contributed by atoms with Gasteiger partial charge in [0.05, 0.1) is 33.4 Å². The van der Waals surface area contributed by atoms with Crippen LogP contribution in [0.4, 0.5) is 5.69 Å². The van der Waals surface area contributed by atoms with Gasteiger partial charge in [-0.15, -0.1) is 0 Å². The molecule has 34 heavy (non-hydrogen) atoms. The Bertz CT molecular complexity index is 1670. The van der Waals surface area contributed by atoms with Gasteiger partial charge in [0.1, 0.15) is 0 Å². The van der Waals surface area contributed by atoms with E-state index in [1.54, 1.807) is 30.3 Å². The first-order chi connectivity index (χ1) is 16.4. The number of hydrogen-bond acceptors (Lipinski definition) is 6. The number of rotatable bonds is 4. The molecule has 1 aliphatic heterocycles. The fourth-order valence-corrected chi connectivity index (χ4v) is 5.93. The van der Waals surface area contributed by atoms with Crippen molar-refractivity contribution in [2.75, 3.05) is 10.8 Å². The van der Waals surface area contributed by atoms with Crippen molar-refractivity contribution < 1.29 is 13.6 Å². The summed E-state index contributed by atoms with van der Waals surface area (Å²) in [5, 5.41) is 12.1. The molecule has 0 spiro atoms. The average Bonchev–Trinajstić information content (AvgIpc) is 2.84. The standard InChI is InChI=1S/C24H20N4O5S/c29-23-22-17(15-25-31)7-3-11-20(22)26-24(30)28(23)18-9-4-10-19(14-18)34(32,33)27-13-5-8-16-6-1-2-12-21(16)27/h1-4,6-7,9-12,14-15,31H,5,8,13H2,(H,26,30). The van der Waals surface area contributed by atoms with Gasteiger partial charge in [-0.05, 0) is 48.7 Å². The van der Waals surface area contributed by atoms with Crippen molar-refractivity contribution in [1.82, 2.24) is 9.55 Å². The van der Waals surface area contributed by atoms with Crippen molar-refractivity contribution in [2.45, 2.75) is 17.7 Å². The fourth-order valence-electron chi connectivity index (χ4n) is 4.35. The van der Waals surface area contributed by atoms with Gasteiger partial charge < -0.3 is 10.2 Å². The monoisotopic (exact) mass is 476 g/mol. The summed E-state index contributed by atoms with van der Waals surface area (Å²) in [4.78, 5) is 28.7. The van der Waals surface area contributed by atoms with E-state index in [1.807, 2.05) is 12.1 Å². The second kappa shape index (κ2) is 8.31. The summed E-state index contributed by atoms with van der Waals surface area (Å²) in [6.07, 6.45) is 2.58. The zero-order chi connectivity index (χ0) is 23.9. The molecule has 0 fully saturated rings. The molecular formula is C24H20N4O5S. The van der Waals surface area contributed by atoms with Gasteiger partial charge in [-0.3, -0.25) is 9.10 Å². The number of nitrogens with zero attached hydrogens (tertiary/aromatic N) is 3. The topological polar surface area (TPSA) is 125 Å². The molecule has 0 unspecified atom stereocenters. The van der Waals surface area contributed by atoms with E-state index in [9.17, 15) is 18.0 Å². The van der Waals surface area contributed by atoms with E-state index < -0.39 is 21.3 Å². The predicted molar refractivity (Wildman–Crippen MR) is 129 cm³/mol. The molecule has 0 amide bonds. The van der Waals surface area contributed by atoms with Crippen LogP contribution in [0.5, 0.6) is 0 Å². The molecule has 0 aliphatic carbocycles. The van der Waals surface area contributed by atoms with E-state index in [0.717, 1.165) is 22.8 Å². The SMILES string of the molecule is O=c1[nH]c2cccc(C=NO)c2c(=O)n1-c1cccc(S(=O)(=O)N2CCCc3ccccc32)c1. The number of aryl methyl sites for hydroxylation is 1. The smallest absolute Gasteiger partial charge is 0.333 e. The number of fused-ring (bicyclic) bond motifs is 2. The summed E-state index contributed by atoms with van der Waals surface area (Å²) in [6.45, 7) is 0.337. The normalized spacial score (nSPS) is 13.9. The molecule has 3 aromatic carbocycles. The lowest BCUT2D eigenvalue weighted by Gasteiger charge is -2.30. The van der Waals surface area contributed by atoms with Crippen LogP contribution < -0.4 is 15.6 Å². The van der Waals surface area contributed by atoms with Gasteiger partial charge in [0.2, 0.25) is 0 Å². The minimum absolute atomic E-state index is 0.0293. The number of aromatic amines is 1. The Balaban J connectivity index is 1.67. The predicted octanol–water partition coefficient (Wildman–Crippen LogP) is 2.63. The molecule has 5 rings (SSSR count). The van der Waals surface area contributed by atoms with E-state index in [4.69, 9.17) is 5.21 Å². The first kappa shape index (κ1) is 21.7. The average molecular weight is 477 g/mol. The first-order valence-electron chi connectivity index (χ1n) is 10.6. The van der Waals surface area contributed by atoms with Crippen molar-refractivity contribution in [2.24, 2.45) is 5.16 Å². The van der Waals surface area contributed by atoms with Crippen molar-refractivity contribution in [3.8, 4) is 5.69 Å².